The highest BCUT2D eigenvalue weighted by molar-refractivity contribution is 5.97. The van der Waals surface area contributed by atoms with Gasteiger partial charge in [0.1, 0.15) is 12.2 Å². The van der Waals surface area contributed by atoms with Crippen LogP contribution < -0.4 is 0 Å². The maximum absolute atomic E-state index is 13.2. The number of Topliss-reactive ketones (excluding diaryl/α,β-unsaturated/α-hetero) is 1. The fourth-order valence-electron chi connectivity index (χ4n) is 3.73. The summed E-state index contributed by atoms with van der Waals surface area (Å²) in [6.45, 7) is 6.18. The molecule has 0 spiro atoms. The van der Waals surface area contributed by atoms with Crippen LogP contribution in [0.1, 0.15) is 70.8 Å². The highest BCUT2D eigenvalue weighted by Crippen LogP contribution is 2.37. The van der Waals surface area contributed by atoms with E-state index in [-0.39, 0.29) is 23.6 Å². The summed E-state index contributed by atoms with van der Waals surface area (Å²) in [5, 5.41) is 4.08. The van der Waals surface area contributed by atoms with Crippen LogP contribution in [0.2, 0.25) is 0 Å². The molecule has 1 aromatic carbocycles. The summed E-state index contributed by atoms with van der Waals surface area (Å²) in [5.41, 5.74) is -3.52. The normalized spacial score (nSPS) is 12.9. The zero-order valence-corrected chi connectivity index (χ0v) is 20.1. The molecular weight excluding hydrogens is 504 g/mol. The summed E-state index contributed by atoms with van der Waals surface area (Å²) in [4.78, 5) is 35.4. The Labute approximate surface area is 208 Å². The molecule has 2 aromatic heterocycles. The Morgan fingerprint density at radius 3 is 2.05 bits per heavy atom. The van der Waals surface area contributed by atoms with E-state index in [4.69, 9.17) is 0 Å². The molecular formula is C24H23F6N5O2. The van der Waals surface area contributed by atoms with Crippen molar-refractivity contribution in [2.75, 3.05) is 13.1 Å². The second kappa shape index (κ2) is 10.7. The summed E-state index contributed by atoms with van der Waals surface area (Å²) >= 11 is 0. The Bertz CT molecular complexity index is 1250. The molecule has 0 N–H and O–H groups in total. The zero-order chi connectivity index (χ0) is 27.5. The molecule has 0 unspecified atom stereocenters. The molecule has 0 radical (unpaired) electrons. The van der Waals surface area contributed by atoms with Crippen LogP contribution in [-0.4, -0.2) is 49.4 Å². The third kappa shape index (κ3) is 6.33. The molecule has 0 aliphatic rings. The lowest BCUT2D eigenvalue weighted by molar-refractivity contribution is -0.143. The summed E-state index contributed by atoms with van der Waals surface area (Å²) < 4.78 is 80.3. The molecule has 1 amide bonds. The van der Waals surface area contributed by atoms with Gasteiger partial charge in [0.25, 0.3) is 5.91 Å². The second-order valence-corrected chi connectivity index (χ2v) is 8.23. The summed E-state index contributed by atoms with van der Waals surface area (Å²) in [7, 11) is 0. The third-order valence-corrected chi connectivity index (χ3v) is 5.68. The first kappa shape index (κ1) is 27.8. The van der Waals surface area contributed by atoms with Crippen molar-refractivity contribution in [1.29, 1.82) is 0 Å². The smallest absolute Gasteiger partial charge is 0.339 e. The summed E-state index contributed by atoms with van der Waals surface area (Å²) in [6, 6.07) is 3.78. The molecule has 0 aliphatic heterocycles. The van der Waals surface area contributed by atoms with E-state index < -0.39 is 47.2 Å². The van der Waals surface area contributed by atoms with Gasteiger partial charge in [0.15, 0.2) is 11.6 Å². The lowest BCUT2D eigenvalue weighted by atomic mass is 9.95. The van der Waals surface area contributed by atoms with E-state index in [0.717, 1.165) is 0 Å². The van der Waals surface area contributed by atoms with Gasteiger partial charge in [-0.2, -0.15) is 36.1 Å². The maximum atomic E-state index is 13.2. The lowest BCUT2D eigenvalue weighted by Gasteiger charge is -2.19. The Morgan fingerprint density at radius 1 is 0.919 bits per heavy atom. The van der Waals surface area contributed by atoms with Crippen molar-refractivity contribution in [2.45, 2.75) is 45.5 Å². The largest absolute Gasteiger partial charge is 0.416 e. The lowest BCUT2D eigenvalue weighted by Crippen LogP contribution is -2.30. The topological polar surface area (TPSA) is 81.0 Å². The van der Waals surface area contributed by atoms with Gasteiger partial charge in [-0.05, 0) is 44.2 Å². The van der Waals surface area contributed by atoms with Gasteiger partial charge in [0, 0.05) is 42.8 Å². The minimum absolute atomic E-state index is 0.0327. The fourth-order valence-corrected chi connectivity index (χ4v) is 3.73. The molecule has 0 fully saturated rings. The number of halogens is 6. The molecule has 37 heavy (non-hydrogen) atoms. The van der Waals surface area contributed by atoms with Crippen LogP contribution in [0.25, 0.3) is 5.82 Å². The Kier molecular flexibility index (Phi) is 8.03. The average molecular weight is 527 g/mol. The zero-order valence-electron chi connectivity index (χ0n) is 20.1. The Morgan fingerprint density at radius 2 is 1.51 bits per heavy atom. The number of hydrogen-bond acceptors (Lipinski definition) is 5. The van der Waals surface area contributed by atoms with Gasteiger partial charge >= 0.3 is 12.4 Å². The molecule has 3 rings (SSSR count). The van der Waals surface area contributed by atoms with Gasteiger partial charge in [-0.3, -0.25) is 9.59 Å². The van der Waals surface area contributed by atoms with Crippen molar-refractivity contribution >= 4 is 11.7 Å². The second-order valence-electron chi connectivity index (χ2n) is 8.23. The Hall–Kier alpha value is -3.77. The Balaban J connectivity index is 1.90. The summed E-state index contributed by atoms with van der Waals surface area (Å²) in [6.07, 6.45) is -8.02. The van der Waals surface area contributed by atoms with Crippen molar-refractivity contribution in [3.63, 3.8) is 0 Å². The third-order valence-electron chi connectivity index (χ3n) is 5.68. The standard InChI is InChI=1S/C24H23F6N5O2/c1-4-34(5-2)22(37)15-6-7-31-20(11-15)35-21(32-13-33-35)14(3)8-19(36)16-9-17(23(25,26)27)12-18(10-16)24(28,29)30/h6-7,9-14H,4-5,8H2,1-3H3/t14-/m1/s1. The van der Waals surface area contributed by atoms with Crippen LogP contribution in [-0.2, 0) is 12.4 Å². The first-order valence-corrected chi connectivity index (χ1v) is 11.2. The highest BCUT2D eigenvalue weighted by Gasteiger charge is 2.37. The van der Waals surface area contributed by atoms with Crippen LogP contribution in [0.15, 0.2) is 42.9 Å². The van der Waals surface area contributed by atoms with E-state index in [0.29, 0.717) is 30.8 Å². The van der Waals surface area contributed by atoms with Crippen LogP contribution >= 0.6 is 0 Å². The molecule has 0 saturated heterocycles. The number of carbonyl (C=O) groups excluding carboxylic acids is 2. The molecule has 0 bridgehead atoms. The van der Waals surface area contributed by atoms with Crippen molar-refractivity contribution in [2.24, 2.45) is 0 Å². The van der Waals surface area contributed by atoms with Crippen LogP contribution in [0, 0.1) is 0 Å². The van der Waals surface area contributed by atoms with E-state index in [1.807, 2.05) is 13.8 Å². The molecule has 1 atom stereocenters. The molecule has 0 aliphatic carbocycles. The van der Waals surface area contributed by atoms with Crippen LogP contribution in [0.3, 0.4) is 0 Å². The first-order chi connectivity index (χ1) is 17.3. The number of pyridine rings is 1. The molecule has 2 heterocycles. The van der Waals surface area contributed by atoms with E-state index in [2.05, 4.69) is 15.1 Å². The number of carbonyl (C=O) groups is 2. The van der Waals surface area contributed by atoms with Crippen molar-refractivity contribution in [3.8, 4) is 5.82 Å². The van der Waals surface area contributed by atoms with Gasteiger partial charge in [-0.1, -0.05) is 6.92 Å². The van der Waals surface area contributed by atoms with E-state index in [9.17, 15) is 35.9 Å². The number of aromatic nitrogens is 4. The highest BCUT2D eigenvalue weighted by atomic mass is 19.4. The van der Waals surface area contributed by atoms with Crippen molar-refractivity contribution in [3.05, 3.63) is 70.9 Å². The van der Waals surface area contributed by atoms with Crippen LogP contribution in [0.4, 0.5) is 26.3 Å². The number of ketones is 1. The minimum atomic E-state index is -5.07. The molecule has 3 aromatic rings. The maximum Gasteiger partial charge on any atom is 0.416 e. The monoisotopic (exact) mass is 527 g/mol. The molecule has 0 saturated carbocycles. The number of hydrogen-bond donors (Lipinski definition) is 0. The molecule has 13 heteroatoms. The van der Waals surface area contributed by atoms with Crippen LogP contribution in [0.5, 0.6) is 0 Å². The molecule has 198 valence electrons. The fraction of sp³-hybridized carbons (Fsp3) is 0.375. The van der Waals surface area contributed by atoms with Gasteiger partial charge in [-0.25, -0.2) is 9.97 Å². The first-order valence-electron chi connectivity index (χ1n) is 11.2. The van der Waals surface area contributed by atoms with E-state index in [1.54, 1.807) is 4.90 Å². The van der Waals surface area contributed by atoms with Crippen molar-refractivity contribution in [1.82, 2.24) is 24.6 Å². The number of alkyl halides is 6. The van der Waals surface area contributed by atoms with E-state index in [1.165, 1.54) is 36.3 Å². The number of amides is 1. The number of benzene rings is 1. The molecule has 7 nitrogen and oxygen atoms in total. The number of rotatable bonds is 8. The van der Waals surface area contributed by atoms with Gasteiger partial charge in [-0.15, -0.1) is 0 Å². The SMILES string of the molecule is CCN(CC)C(=O)c1ccnc(-n2ncnc2[C@H](C)CC(=O)c2cc(C(F)(F)F)cc(C(F)(F)F)c2)c1. The predicted octanol–water partition coefficient (Wildman–Crippen LogP) is 5.56. The minimum Gasteiger partial charge on any atom is -0.339 e. The number of nitrogens with zero attached hydrogens (tertiary/aromatic N) is 5. The van der Waals surface area contributed by atoms with Gasteiger partial charge < -0.3 is 4.90 Å². The summed E-state index contributed by atoms with van der Waals surface area (Å²) in [5.74, 6) is -1.53. The van der Waals surface area contributed by atoms with Crippen molar-refractivity contribution < 1.29 is 35.9 Å². The van der Waals surface area contributed by atoms with Gasteiger partial charge in [0.2, 0.25) is 0 Å². The average Bonchev–Trinajstić information content (AvgIpc) is 3.33. The van der Waals surface area contributed by atoms with E-state index >= 15 is 0 Å². The van der Waals surface area contributed by atoms with Gasteiger partial charge in [0.05, 0.1) is 11.1 Å². The predicted molar refractivity (Wildman–Crippen MR) is 120 cm³/mol. The quantitative estimate of drug-likeness (QED) is 0.283.